The minimum atomic E-state index is 1.03. The van der Waals surface area contributed by atoms with E-state index >= 15 is 0 Å². The molecule has 0 nitrogen and oxygen atoms in total. The fourth-order valence-corrected chi connectivity index (χ4v) is 0.791. The van der Waals surface area contributed by atoms with Crippen LogP contribution in [0.2, 0.25) is 0 Å². The average Bonchev–Trinajstić information content (AvgIpc) is 1.90. The van der Waals surface area contributed by atoms with E-state index in [4.69, 9.17) is 0 Å². The molecule has 0 atom stereocenters. The SMILES string of the molecule is C=Cc1[c]cc(Br)cc1. The number of benzene rings is 1. The molecule has 45 valence electrons. The molecule has 0 heterocycles. The summed E-state index contributed by atoms with van der Waals surface area (Å²) in [6, 6.07) is 8.81. The molecule has 1 heteroatoms. The van der Waals surface area contributed by atoms with E-state index in [0.717, 1.165) is 10.0 Å². The molecule has 0 N–H and O–H groups in total. The van der Waals surface area contributed by atoms with Gasteiger partial charge in [-0.3, -0.25) is 0 Å². The molecule has 9 heavy (non-hydrogen) atoms. The zero-order valence-corrected chi connectivity index (χ0v) is 6.48. The summed E-state index contributed by atoms with van der Waals surface area (Å²) in [5.41, 5.74) is 1.03. The van der Waals surface area contributed by atoms with Crippen LogP contribution >= 0.6 is 15.9 Å². The van der Waals surface area contributed by atoms with Crippen LogP contribution in [-0.2, 0) is 0 Å². The van der Waals surface area contributed by atoms with Gasteiger partial charge < -0.3 is 0 Å². The van der Waals surface area contributed by atoms with Crippen LogP contribution in [0.5, 0.6) is 0 Å². The summed E-state index contributed by atoms with van der Waals surface area (Å²) >= 11 is 3.31. The predicted molar refractivity (Wildman–Crippen MR) is 43.1 cm³/mol. The second-order valence-corrected chi connectivity index (χ2v) is 2.58. The van der Waals surface area contributed by atoms with Gasteiger partial charge in [0.2, 0.25) is 0 Å². The predicted octanol–water partition coefficient (Wildman–Crippen LogP) is 2.89. The van der Waals surface area contributed by atoms with Crippen molar-refractivity contribution in [2.24, 2.45) is 0 Å². The maximum atomic E-state index is 3.61. The molecule has 0 spiro atoms. The van der Waals surface area contributed by atoms with Crippen LogP contribution in [0, 0.1) is 6.07 Å². The minimum Gasteiger partial charge on any atom is -0.0984 e. The third kappa shape index (κ3) is 1.68. The lowest BCUT2D eigenvalue weighted by Gasteiger charge is -1.89. The number of rotatable bonds is 1. The van der Waals surface area contributed by atoms with Crippen molar-refractivity contribution < 1.29 is 0 Å². The van der Waals surface area contributed by atoms with E-state index in [9.17, 15) is 0 Å². The number of hydrogen-bond acceptors (Lipinski definition) is 0. The first-order chi connectivity index (χ1) is 4.33. The first-order valence-corrected chi connectivity index (χ1v) is 3.42. The highest BCUT2D eigenvalue weighted by Crippen LogP contribution is 2.09. The van der Waals surface area contributed by atoms with Gasteiger partial charge in [0, 0.05) is 4.47 Å². The third-order valence-corrected chi connectivity index (χ3v) is 1.51. The summed E-state index contributed by atoms with van der Waals surface area (Å²) in [6.45, 7) is 3.61. The van der Waals surface area contributed by atoms with Crippen LogP contribution in [0.1, 0.15) is 5.56 Å². The Bertz CT molecular complexity index is 198. The highest BCUT2D eigenvalue weighted by atomic mass is 79.9. The molecule has 0 aliphatic rings. The highest BCUT2D eigenvalue weighted by molar-refractivity contribution is 9.10. The lowest BCUT2D eigenvalue weighted by molar-refractivity contribution is 1.60. The van der Waals surface area contributed by atoms with Crippen molar-refractivity contribution in [3.63, 3.8) is 0 Å². The van der Waals surface area contributed by atoms with Gasteiger partial charge in [-0.2, -0.15) is 0 Å². The molecule has 0 aromatic heterocycles. The molecule has 0 aliphatic heterocycles. The lowest BCUT2D eigenvalue weighted by Crippen LogP contribution is -1.68. The monoisotopic (exact) mass is 181 g/mol. The van der Waals surface area contributed by atoms with Crippen LogP contribution in [0.15, 0.2) is 29.3 Å². The van der Waals surface area contributed by atoms with Crippen molar-refractivity contribution in [1.29, 1.82) is 0 Å². The Morgan fingerprint density at radius 2 is 2.33 bits per heavy atom. The Morgan fingerprint density at radius 1 is 1.56 bits per heavy atom. The van der Waals surface area contributed by atoms with Crippen LogP contribution in [0.3, 0.4) is 0 Å². The molecule has 0 bridgehead atoms. The van der Waals surface area contributed by atoms with Crippen molar-refractivity contribution in [2.45, 2.75) is 0 Å². The molecule has 0 amide bonds. The van der Waals surface area contributed by atoms with Crippen molar-refractivity contribution in [1.82, 2.24) is 0 Å². The Morgan fingerprint density at radius 3 is 2.78 bits per heavy atom. The van der Waals surface area contributed by atoms with Gasteiger partial charge >= 0.3 is 0 Å². The summed E-state index contributed by atoms with van der Waals surface area (Å²) in [4.78, 5) is 0. The molecule has 1 radical (unpaired) electrons. The zero-order valence-electron chi connectivity index (χ0n) is 4.89. The largest absolute Gasteiger partial charge is 0.0984 e. The van der Waals surface area contributed by atoms with E-state index in [-0.39, 0.29) is 0 Å². The molecule has 0 saturated carbocycles. The van der Waals surface area contributed by atoms with Crippen molar-refractivity contribution in [2.75, 3.05) is 0 Å². The molecular weight excluding hydrogens is 176 g/mol. The molecule has 1 aromatic carbocycles. The van der Waals surface area contributed by atoms with Crippen molar-refractivity contribution in [3.05, 3.63) is 40.9 Å². The maximum absolute atomic E-state index is 3.61. The van der Waals surface area contributed by atoms with Gasteiger partial charge in [0.15, 0.2) is 0 Å². The fourth-order valence-electron chi connectivity index (χ4n) is 0.545. The topological polar surface area (TPSA) is 0 Å². The quantitative estimate of drug-likeness (QED) is 0.626. The standard InChI is InChI=1S/C8H6Br/c1-2-7-3-5-8(9)6-4-7/h2-3,5-6H,1H2. The molecule has 0 saturated heterocycles. The summed E-state index contributed by atoms with van der Waals surface area (Å²) in [5, 5.41) is 0. The third-order valence-electron chi connectivity index (χ3n) is 1.02. The Balaban J connectivity index is 3.01. The van der Waals surface area contributed by atoms with Gasteiger partial charge in [0.05, 0.1) is 0 Å². The van der Waals surface area contributed by atoms with Gasteiger partial charge in [-0.05, 0) is 23.8 Å². The smallest absolute Gasteiger partial charge is 0.0181 e. The van der Waals surface area contributed by atoms with Gasteiger partial charge in [-0.25, -0.2) is 0 Å². The lowest BCUT2D eigenvalue weighted by atomic mass is 10.2. The van der Waals surface area contributed by atoms with Crippen LogP contribution < -0.4 is 0 Å². The average molecular weight is 182 g/mol. The zero-order chi connectivity index (χ0) is 6.69. The Hall–Kier alpha value is -0.560. The molecule has 1 aromatic rings. The van der Waals surface area contributed by atoms with Gasteiger partial charge in [0.1, 0.15) is 0 Å². The van der Waals surface area contributed by atoms with Crippen LogP contribution in [0.25, 0.3) is 6.08 Å². The summed E-state index contributed by atoms with van der Waals surface area (Å²) in [7, 11) is 0. The minimum absolute atomic E-state index is 1.03. The van der Waals surface area contributed by atoms with E-state index in [1.807, 2.05) is 18.2 Å². The van der Waals surface area contributed by atoms with E-state index in [2.05, 4.69) is 28.6 Å². The van der Waals surface area contributed by atoms with Gasteiger partial charge in [-0.15, -0.1) is 0 Å². The summed E-state index contributed by atoms with van der Waals surface area (Å²) in [5.74, 6) is 0. The first kappa shape index (κ1) is 6.56. The highest BCUT2D eigenvalue weighted by Gasteiger charge is 1.84. The van der Waals surface area contributed by atoms with E-state index in [0.29, 0.717) is 0 Å². The second-order valence-electron chi connectivity index (χ2n) is 1.67. The second kappa shape index (κ2) is 2.83. The van der Waals surface area contributed by atoms with Crippen LogP contribution in [0.4, 0.5) is 0 Å². The van der Waals surface area contributed by atoms with E-state index in [1.54, 1.807) is 6.08 Å². The van der Waals surface area contributed by atoms with E-state index < -0.39 is 0 Å². The maximum Gasteiger partial charge on any atom is 0.0181 e. The Labute approximate surface area is 63.3 Å². The fraction of sp³-hybridized carbons (Fsp3) is 0. The molecular formula is C8H6Br. The number of halogens is 1. The molecule has 1 rings (SSSR count). The van der Waals surface area contributed by atoms with Gasteiger partial charge in [0.25, 0.3) is 0 Å². The summed E-state index contributed by atoms with van der Waals surface area (Å²) < 4.78 is 1.05. The van der Waals surface area contributed by atoms with Gasteiger partial charge in [-0.1, -0.05) is 34.7 Å². The van der Waals surface area contributed by atoms with E-state index in [1.165, 1.54) is 0 Å². The Kier molecular flexibility index (Phi) is 2.06. The van der Waals surface area contributed by atoms with Crippen LogP contribution in [-0.4, -0.2) is 0 Å². The number of hydrogen-bond donors (Lipinski definition) is 0. The molecule has 0 aliphatic carbocycles. The molecule has 0 fully saturated rings. The van der Waals surface area contributed by atoms with Crippen molar-refractivity contribution in [3.8, 4) is 0 Å². The first-order valence-electron chi connectivity index (χ1n) is 2.62. The molecule has 0 unspecified atom stereocenters. The van der Waals surface area contributed by atoms with Crippen molar-refractivity contribution >= 4 is 22.0 Å². The normalized spacial score (nSPS) is 9.00. The summed E-state index contributed by atoms with van der Waals surface area (Å²) in [6.07, 6.45) is 1.77.